The Kier molecular flexibility index (Phi) is 4.81. The highest BCUT2D eigenvalue weighted by atomic mass is 19.1. The van der Waals surface area contributed by atoms with Crippen LogP contribution in [0.1, 0.15) is 32.8 Å². The van der Waals surface area contributed by atoms with Crippen LogP contribution in [-0.2, 0) is 0 Å². The third-order valence-corrected chi connectivity index (χ3v) is 4.94. The average Bonchev–Trinajstić information content (AvgIpc) is 2.57. The maximum atomic E-state index is 13.5. The van der Waals surface area contributed by atoms with E-state index in [9.17, 15) is 4.39 Å². The first kappa shape index (κ1) is 16.2. The zero-order valence-corrected chi connectivity index (χ0v) is 14.3. The van der Waals surface area contributed by atoms with Crippen molar-refractivity contribution in [3.05, 3.63) is 41.9 Å². The van der Waals surface area contributed by atoms with E-state index in [0.717, 1.165) is 49.6 Å². The Hall–Kier alpha value is -1.68. The zero-order chi connectivity index (χ0) is 16.4. The number of pyridine rings is 1. The third kappa shape index (κ3) is 3.63. The van der Waals surface area contributed by atoms with Crippen LogP contribution in [0.5, 0.6) is 0 Å². The van der Waals surface area contributed by atoms with Crippen molar-refractivity contribution in [3.8, 4) is 0 Å². The molecule has 0 saturated carbocycles. The summed E-state index contributed by atoms with van der Waals surface area (Å²) in [5.41, 5.74) is 2.08. The van der Waals surface area contributed by atoms with E-state index in [4.69, 9.17) is 0 Å². The molecule has 2 aliphatic rings. The molecule has 1 saturated heterocycles. The average molecular weight is 315 g/mol. The normalized spacial score (nSPS) is 23.0. The van der Waals surface area contributed by atoms with E-state index >= 15 is 0 Å². The SMILES string of the molecule is CC1CC=C(F)C=C1c1ccc(N2CCN(C(C)C)CC2)nc1. The van der Waals surface area contributed by atoms with Gasteiger partial charge < -0.3 is 4.90 Å². The van der Waals surface area contributed by atoms with Gasteiger partial charge in [0.15, 0.2) is 0 Å². The number of aromatic nitrogens is 1. The molecule has 23 heavy (non-hydrogen) atoms. The molecule has 0 aromatic carbocycles. The fourth-order valence-corrected chi connectivity index (χ4v) is 3.35. The number of hydrogen-bond acceptors (Lipinski definition) is 3. The Balaban J connectivity index is 1.70. The van der Waals surface area contributed by atoms with Crippen molar-refractivity contribution in [1.29, 1.82) is 0 Å². The lowest BCUT2D eigenvalue weighted by Gasteiger charge is -2.37. The molecule has 3 rings (SSSR count). The minimum absolute atomic E-state index is 0.132. The maximum absolute atomic E-state index is 13.5. The van der Waals surface area contributed by atoms with Gasteiger partial charge in [0.1, 0.15) is 11.6 Å². The van der Waals surface area contributed by atoms with Crippen molar-refractivity contribution in [3.63, 3.8) is 0 Å². The largest absolute Gasteiger partial charge is 0.354 e. The molecule has 1 atom stereocenters. The van der Waals surface area contributed by atoms with Crippen molar-refractivity contribution in [2.75, 3.05) is 31.1 Å². The third-order valence-electron chi connectivity index (χ3n) is 4.94. The fourth-order valence-electron chi connectivity index (χ4n) is 3.35. The summed E-state index contributed by atoms with van der Waals surface area (Å²) in [6, 6.07) is 4.76. The molecule has 2 heterocycles. The summed E-state index contributed by atoms with van der Waals surface area (Å²) in [7, 11) is 0. The van der Waals surface area contributed by atoms with Gasteiger partial charge in [0.05, 0.1) is 0 Å². The summed E-state index contributed by atoms with van der Waals surface area (Å²) in [5.74, 6) is 1.24. The second kappa shape index (κ2) is 6.83. The predicted molar refractivity (Wildman–Crippen MR) is 94.1 cm³/mol. The molecule has 0 N–H and O–H groups in total. The van der Waals surface area contributed by atoms with E-state index in [2.05, 4.69) is 47.7 Å². The van der Waals surface area contributed by atoms with Crippen LogP contribution < -0.4 is 4.90 Å². The van der Waals surface area contributed by atoms with Gasteiger partial charge in [-0.1, -0.05) is 6.92 Å². The molecular formula is C19H26FN3. The van der Waals surface area contributed by atoms with E-state index in [1.54, 1.807) is 12.2 Å². The van der Waals surface area contributed by atoms with Crippen LogP contribution in [0.2, 0.25) is 0 Å². The number of rotatable bonds is 3. The van der Waals surface area contributed by atoms with Gasteiger partial charge in [-0.15, -0.1) is 0 Å². The van der Waals surface area contributed by atoms with E-state index in [0.29, 0.717) is 12.0 Å². The van der Waals surface area contributed by atoms with Crippen LogP contribution in [-0.4, -0.2) is 42.1 Å². The summed E-state index contributed by atoms with van der Waals surface area (Å²) in [4.78, 5) is 9.46. The molecule has 0 bridgehead atoms. The second-order valence-corrected chi connectivity index (χ2v) is 6.85. The summed E-state index contributed by atoms with van der Waals surface area (Å²) in [6.07, 6.45) is 5.96. The minimum atomic E-state index is -0.132. The summed E-state index contributed by atoms with van der Waals surface area (Å²) in [5, 5.41) is 0. The molecule has 1 aliphatic heterocycles. The van der Waals surface area contributed by atoms with Gasteiger partial charge >= 0.3 is 0 Å². The van der Waals surface area contributed by atoms with E-state index < -0.39 is 0 Å². The Bertz CT molecular complexity index is 596. The molecular weight excluding hydrogens is 289 g/mol. The van der Waals surface area contributed by atoms with E-state index in [1.807, 2.05) is 6.20 Å². The smallest absolute Gasteiger partial charge is 0.128 e. The molecule has 0 amide bonds. The van der Waals surface area contributed by atoms with Gasteiger partial charge in [-0.3, -0.25) is 4.90 Å². The fraction of sp³-hybridized carbons (Fsp3) is 0.526. The lowest BCUT2D eigenvalue weighted by Crippen LogP contribution is -2.49. The quantitative estimate of drug-likeness (QED) is 0.843. The molecule has 0 spiro atoms. The van der Waals surface area contributed by atoms with Crippen LogP contribution in [0.4, 0.5) is 10.2 Å². The molecule has 1 aliphatic carbocycles. The topological polar surface area (TPSA) is 19.4 Å². The molecule has 4 heteroatoms. The lowest BCUT2D eigenvalue weighted by atomic mass is 9.88. The monoisotopic (exact) mass is 315 g/mol. The number of anilines is 1. The first-order valence-electron chi connectivity index (χ1n) is 8.57. The van der Waals surface area contributed by atoms with E-state index in [1.165, 1.54) is 0 Å². The van der Waals surface area contributed by atoms with Gasteiger partial charge in [-0.05, 0) is 61.6 Å². The lowest BCUT2D eigenvalue weighted by molar-refractivity contribution is 0.209. The zero-order valence-electron chi connectivity index (χ0n) is 14.3. The van der Waals surface area contributed by atoms with E-state index in [-0.39, 0.29) is 5.83 Å². The Morgan fingerprint density at radius 1 is 1.17 bits per heavy atom. The van der Waals surface area contributed by atoms with Crippen LogP contribution in [0.15, 0.2) is 36.3 Å². The molecule has 1 aromatic rings. The molecule has 1 unspecified atom stereocenters. The van der Waals surface area contributed by atoms with Crippen LogP contribution in [0.25, 0.3) is 5.57 Å². The standard InChI is InChI=1S/C19H26FN3/c1-14(2)22-8-10-23(11-9-22)19-7-5-16(13-21-19)18-12-17(20)6-4-15(18)3/h5-7,12-15H,4,8-11H2,1-3H3. The molecule has 0 radical (unpaired) electrons. The number of hydrogen-bond donors (Lipinski definition) is 0. The highest BCUT2D eigenvalue weighted by Crippen LogP contribution is 2.32. The summed E-state index contributed by atoms with van der Waals surface area (Å²) < 4.78 is 13.5. The van der Waals surface area contributed by atoms with Crippen LogP contribution >= 0.6 is 0 Å². The number of allylic oxidation sites excluding steroid dienone is 4. The predicted octanol–water partition coefficient (Wildman–Crippen LogP) is 3.89. The Morgan fingerprint density at radius 3 is 2.52 bits per heavy atom. The minimum Gasteiger partial charge on any atom is -0.354 e. The Labute approximate surface area is 138 Å². The van der Waals surface area contributed by atoms with Crippen molar-refractivity contribution in [1.82, 2.24) is 9.88 Å². The molecule has 1 fully saturated rings. The van der Waals surface area contributed by atoms with Crippen molar-refractivity contribution < 1.29 is 4.39 Å². The van der Waals surface area contributed by atoms with Gasteiger partial charge in [0.2, 0.25) is 0 Å². The first-order chi connectivity index (χ1) is 11.0. The maximum Gasteiger partial charge on any atom is 0.128 e. The first-order valence-corrected chi connectivity index (χ1v) is 8.57. The second-order valence-electron chi connectivity index (χ2n) is 6.85. The van der Waals surface area contributed by atoms with Crippen molar-refractivity contribution in [2.45, 2.75) is 33.2 Å². The van der Waals surface area contributed by atoms with Gasteiger partial charge in [0.25, 0.3) is 0 Å². The Morgan fingerprint density at radius 2 is 1.91 bits per heavy atom. The molecule has 3 nitrogen and oxygen atoms in total. The number of piperazine rings is 1. The highest BCUT2D eigenvalue weighted by molar-refractivity contribution is 5.70. The van der Waals surface area contributed by atoms with Gasteiger partial charge in [-0.25, -0.2) is 9.37 Å². The molecule has 1 aromatic heterocycles. The number of nitrogens with zero attached hydrogens (tertiary/aromatic N) is 3. The molecule has 124 valence electrons. The van der Waals surface area contributed by atoms with Crippen LogP contribution in [0.3, 0.4) is 0 Å². The van der Waals surface area contributed by atoms with Crippen molar-refractivity contribution in [2.24, 2.45) is 5.92 Å². The summed E-state index contributed by atoms with van der Waals surface area (Å²) in [6.45, 7) is 10.8. The van der Waals surface area contributed by atoms with Gasteiger partial charge in [-0.2, -0.15) is 0 Å². The number of halogens is 1. The van der Waals surface area contributed by atoms with Gasteiger partial charge in [0, 0.05) is 38.4 Å². The van der Waals surface area contributed by atoms with Crippen LogP contribution in [0, 0.1) is 5.92 Å². The van der Waals surface area contributed by atoms with Crippen molar-refractivity contribution >= 4 is 11.4 Å². The summed E-state index contributed by atoms with van der Waals surface area (Å²) >= 11 is 0. The highest BCUT2D eigenvalue weighted by Gasteiger charge is 2.20.